The molecule has 0 radical (unpaired) electrons. The third kappa shape index (κ3) is 6.65. The van der Waals surface area contributed by atoms with E-state index in [-0.39, 0.29) is 0 Å². The highest BCUT2D eigenvalue weighted by Crippen LogP contribution is 2.44. The van der Waals surface area contributed by atoms with Crippen LogP contribution >= 0.6 is 0 Å². The second-order valence-electron chi connectivity index (χ2n) is 19.9. The van der Waals surface area contributed by atoms with Gasteiger partial charge in [-0.05, 0) is 118 Å². The van der Waals surface area contributed by atoms with Crippen molar-refractivity contribution >= 4 is 105 Å². The molecule has 15 rings (SSSR count). The maximum Gasteiger partial charge on any atom is 0.179 e. The fourth-order valence-corrected chi connectivity index (χ4v) is 17.6. The van der Waals surface area contributed by atoms with Crippen molar-refractivity contribution in [1.82, 2.24) is 9.13 Å². The van der Waals surface area contributed by atoms with Gasteiger partial charge >= 0.3 is 0 Å². The van der Waals surface area contributed by atoms with Crippen molar-refractivity contribution < 1.29 is 0 Å². The minimum atomic E-state index is -3.15. The summed E-state index contributed by atoms with van der Waals surface area (Å²) < 4.78 is 5.02. The smallest absolute Gasteiger partial charge is 0.179 e. The van der Waals surface area contributed by atoms with E-state index in [4.69, 9.17) is 0 Å². The predicted molar refractivity (Wildman–Crippen MR) is 322 cm³/mol. The lowest BCUT2D eigenvalue weighted by Crippen LogP contribution is -2.74. The molecule has 0 aliphatic rings. The van der Waals surface area contributed by atoms with Gasteiger partial charge in [0.1, 0.15) is 0 Å². The summed E-state index contributed by atoms with van der Waals surface area (Å²) in [6, 6.07) is 109. The van der Waals surface area contributed by atoms with Gasteiger partial charge in [-0.15, -0.1) is 0 Å². The maximum absolute atomic E-state index is 3.15. The van der Waals surface area contributed by atoms with Crippen LogP contribution in [0.15, 0.2) is 291 Å². The normalized spacial score (nSPS) is 12.0. The summed E-state index contributed by atoms with van der Waals surface area (Å²) in [6.07, 6.45) is 0. The molecule has 0 saturated heterocycles. The molecule has 15 aromatic rings. The average molecular weight is 969 g/mol. The van der Waals surface area contributed by atoms with Crippen LogP contribution in [-0.4, -0.2) is 17.2 Å². The highest BCUT2D eigenvalue weighted by atomic mass is 28.3. The van der Waals surface area contributed by atoms with Crippen molar-refractivity contribution in [2.24, 2.45) is 0 Å². The fourth-order valence-electron chi connectivity index (χ4n) is 12.8. The molecule has 0 saturated carbocycles. The summed E-state index contributed by atoms with van der Waals surface area (Å²) >= 11 is 0. The zero-order chi connectivity index (χ0) is 49.5. The summed E-state index contributed by atoms with van der Waals surface area (Å²) in [5.41, 5.74) is 11.8. The zero-order valence-corrected chi connectivity index (χ0v) is 42.1. The molecule has 0 aliphatic carbocycles. The van der Waals surface area contributed by atoms with E-state index in [1.165, 1.54) is 113 Å². The third-order valence-corrected chi connectivity index (χ3v) is 20.7. The van der Waals surface area contributed by atoms with E-state index in [2.05, 4.69) is 300 Å². The van der Waals surface area contributed by atoms with Crippen LogP contribution in [0.1, 0.15) is 0 Å². The second kappa shape index (κ2) is 17.3. The van der Waals surface area contributed by atoms with Gasteiger partial charge in [0.25, 0.3) is 0 Å². The van der Waals surface area contributed by atoms with E-state index in [1.807, 2.05) is 0 Å². The number of hydrogen-bond donors (Lipinski definition) is 0. The molecule has 3 heteroatoms. The van der Waals surface area contributed by atoms with Gasteiger partial charge < -0.3 is 9.13 Å². The summed E-state index contributed by atoms with van der Waals surface area (Å²) in [6.45, 7) is 0. The van der Waals surface area contributed by atoms with E-state index >= 15 is 0 Å². The summed E-state index contributed by atoms with van der Waals surface area (Å²) in [4.78, 5) is 0. The maximum atomic E-state index is 2.57. The van der Waals surface area contributed by atoms with Crippen LogP contribution in [0.25, 0.3) is 110 Å². The summed E-state index contributed by atoms with van der Waals surface area (Å²) in [7, 11) is -3.15. The van der Waals surface area contributed by atoms with Crippen LogP contribution < -0.4 is 20.7 Å². The predicted octanol–water partition coefficient (Wildman–Crippen LogP) is 16.1. The Balaban J connectivity index is 1.07. The Labute approximate surface area is 436 Å². The first kappa shape index (κ1) is 43.1. The molecule has 0 amide bonds. The first-order valence-corrected chi connectivity index (χ1v) is 28.0. The third-order valence-electron chi connectivity index (χ3n) is 16.0. The van der Waals surface area contributed by atoms with Gasteiger partial charge in [-0.1, -0.05) is 243 Å². The standard InChI is InChI=1S/C72H48N2Si/c1-5-22-49(23-6-1)51-44-52(50-24-7-2-8-25-50)46-58(45-51)75(55-27-9-3-10-28-55,56-29-11-4-12-30-56)57-31-21-26-53(47-57)74-69-43-42-65-61-34-14-13-32-59(61)60-33-15-16-37-64(60)71(65)72(69)66-41-40-54(48-70(66)74)73-67-38-19-17-35-62(67)63-36-18-20-39-68(63)73/h1-48H. The molecule has 0 atom stereocenters. The van der Waals surface area contributed by atoms with E-state index in [0.717, 1.165) is 16.9 Å². The van der Waals surface area contributed by atoms with Crippen molar-refractivity contribution in [3.63, 3.8) is 0 Å². The molecule has 2 heterocycles. The topological polar surface area (TPSA) is 9.86 Å². The minimum absolute atomic E-state index is 1.13. The number of hydrogen-bond acceptors (Lipinski definition) is 0. The number of aromatic nitrogens is 2. The van der Waals surface area contributed by atoms with Crippen LogP contribution in [0.5, 0.6) is 0 Å². The van der Waals surface area contributed by atoms with E-state index in [0.29, 0.717) is 0 Å². The Morgan fingerprint density at radius 1 is 0.200 bits per heavy atom. The molecule has 75 heavy (non-hydrogen) atoms. The Kier molecular flexibility index (Phi) is 9.94. The first-order valence-electron chi connectivity index (χ1n) is 26.0. The van der Waals surface area contributed by atoms with E-state index < -0.39 is 8.07 Å². The lowest BCUT2D eigenvalue weighted by molar-refractivity contribution is 1.16. The van der Waals surface area contributed by atoms with Gasteiger partial charge in [-0.2, -0.15) is 0 Å². The molecule has 0 aliphatic heterocycles. The van der Waals surface area contributed by atoms with Crippen molar-refractivity contribution in [2.45, 2.75) is 0 Å². The molecule has 13 aromatic carbocycles. The first-order chi connectivity index (χ1) is 37.2. The van der Waals surface area contributed by atoms with Crippen molar-refractivity contribution in [3.8, 4) is 33.6 Å². The summed E-state index contributed by atoms with van der Waals surface area (Å²) in [5.74, 6) is 0. The Hall–Kier alpha value is -9.54. The molecular formula is C72H48N2Si. The van der Waals surface area contributed by atoms with E-state index in [1.54, 1.807) is 0 Å². The Morgan fingerprint density at radius 3 is 1.20 bits per heavy atom. The average Bonchev–Trinajstić information content (AvgIpc) is 4.04. The molecule has 2 nitrogen and oxygen atoms in total. The number of rotatable bonds is 8. The van der Waals surface area contributed by atoms with Crippen molar-refractivity contribution in [3.05, 3.63) is 291 Å². The van der Waals surface area contributed by atoms with Crippen molar-refractivity contribution in [1.29, 1.82) is 0 Å². The largest absolute Gasteiger partial charge is 0.309 e. The molecule has 350 valence electrons. The minimum Gasteiger partial charge on any atom is -0.309 e. The van der Waals surface area contributed by atoms with Crippen LogP contribution in [0.3, 0.4) is 0 Å². The van der Waals surface area contributed by atoms with Gasteiger partial charge in [-0.25, -0.2) is 0 Å². The monoisotopic (exact) mass is 968 g/mol. The quantitative estimate of drug-likeness (QED) is 0.0816. The number of nitrogens with zero attached hydrogens (tertiary/aromatic N) is 2. The van der Waals surface area contributed by atoms with Gasteiger partial charge in [0.15, 0.2) is 8.07 Å². The molecule has 0 spiro atoms. The number of benzene rings is 13. The van der Waals surface area contributed by atoms with Crippen molar-refractivity contribution in [2.75, 3.05) is 0 Å². The molecule has 0 N–H and O–H groups in total. The van der Waals surface area contributed by atoms with Crippen LogP contribution in [-0.2, 0) is 0 Å². The Morgan fingerprint density at radius 2 is 0.627 bits per heavy atom. The van der Waals surface area contributed by atoms with Crippen LogP contribution in [0.2, 0.25) is 0 Å². The highest BCUT2D eigenvalue weighted by molar-refractivity contribution is 7.20. The highest BCUT2D eigenvalue weighted by Gasteiger charge is 2.42. The molecule has 0 bridgehead atoms. The number of para-hydroxylation sites is 2. The fraction of sp³-hybridized carbons (Fsp3) is 0. The van der Waals surface area contributed by atoms with Gasteiger partial charge in [-0.3, -0.25) is 0 Å². The number of fused-ring (bicyclic) bond motifs is 13. The zero-order valence-electron chi connectivity index (χ0n) is 41.1. The lowest BCUT2D eigenvalue weighted by atomic mass is 9.92. The molecule has 0 fully saturated rings. The van der Waals surface area contributed by atoms with Gasteiger partial charge in [0, 0.05) is 38.3 Å². The van der Waals surface area contributed by atoms with E-state index in [9.17, 15) is 0 Å². The molecule has 0 unspecified atom stereocenters. The van der Waals surface area contributed by atoms with Crippen LogP contribution in [0.4, 0.5) is 0 Å². The summed E-state index contributed by atoms with van der Waals surface area (Å²) in [5, 5.41) is 17.9. The van der Waals surface area contributed by atoms with Crippen LogP contribution in [0, 0.1) is 0 Å². The lowest BCUT2D eigenvalue weighted by Gasteiger charge is -2.35. The molecular weight excluding hydrogens is 921 g/mol. The Bertz CT molecular complexity index is 4500. The van der Waals surface area contributed by atoms with Gasteiger partial charge in [0.2, 0.25) is 0 Å². The second-order valence-corrected chi connectivity index (χ2v) is 23.8. The van der Waals surface area contributed by atoms with Gasteiger partial charge in [0.05, 0.1) is 22.1 Å². The molecule has 2 aromatic heterocycles. The SMILES string of the molecule is c1ccc(-c2cc(-c3ccccc3)cc([Si](c3ccccc3)(c3ccccc3)c3cccc(-n4c5cc(-n6c7ccccc7c7ccccc76)ccc5c5c6c7ccccc7c7ccccc7c6ccc54)c3)c2)cc1.